The van der Waals surface area contributed by atoms with Gasteiger partial charge in [-0.3, -0.25) is 0 Å². The summed E-state index contributed by atoms with van der Waals surface area (Å²) in [5.41, 5.74) is 5.63. The molecule has 1 aromatic heterocycles. The summed E-state index contributed by atoms with van der Waals surface area (Å²) in [6, 6.07) is 1.34. The molecule has 1 fully saturated rings. The highest BCUT2D eigenvalue weighted by Crippen LogP contribution is 2.18. The van der Waals surface area contributed by atoms with E-state index in [1.807, 2.05) is 0 Å². The van der Waals surface area contributed by atoms with Crippen molar-refractivity contribution in [1.29, 1.82) is 0 Å². The van der Waals surface area contributed by atoms with Gasteiger partial charge in [-0.2, -0.15) is 0 Å². The number of nitrogens with zero attached hydrogens (tertiary/aromatic N) is 1. The lowest BCUT2D eigenvalue weighted by Gasteiger charge is -2.10. The number of pyridine rings is 1. The van der Waals surface area contributed by atoms with E-state index in [2.05, 4.69) is 4.98 Å². The van der Waals surface area contributed by atoms with Crippen LogP contribution in [0.4, 0.5) is 5.69 Å². The normalized spacial score (nSPS) is 19.2. The number of aromatic carboxylic acids is 1. The Morgan fingerprint density at radius 2 is 2.53 bits per heavy atom. The van der Waals surface area contributed by atoms with Gasteiger partial charge in [-0.25, -0.2) is 9.78 Å². The maximum Gasteiger partial charge on any atom is 0.338 e. The zero-order valence-corrected chi connectivity index (χ0v) is 9.26. The Morgan fingerprint density at radius 3 is 3.18 bits per heavy atom. The molecule has 0 saturated carbocycles. The number of aromatic nitrogens is 1. The molecule has 0 spiro atoms. The summed E-state index contributed by atoms with van der Waals surface area (Å²) in [4.78, 5) is 14.8. The van der Waals surface area contributed by atoms with Gasteiger partial charge in [-0.1, -0.05) is 0 Å². The average Bonchev–Trinajstić information content (AvgIpc) is 2.80. The number of hydrogen-bond acceptors (Lipinski definition) is 5. The van der Waals surface area contributed by atoms with E-state index in [9.17, 15) is 4.79 Å². The van der Waals surface area contributed by atoms with E-state index >= 15 is 0 Å². The third-order valence-electron chi connectivity index (χ3n) is 2.63. The van der Waals surface area contributed by atoms with Crippen molar-refractivity contribution in [2.24, 2.45) is 5.92 Å². The maximum absolute atomic E-state index is 10.9. The average molecular weight is 238 g/mol. The SMILES string of the molecule is Nc1cnc(OCC2CCOC2)cc1C(=O)O. The van der Waals surface area contributed by atoms with Crippen molar-refractivity contribution >= 4 is 11.7 Å². The number of nitrogens with two attached hydrogens (primary N) is 1. The fourth-order valence-electron chi connectivity index (χ4n) is 1.63. The highest BCUT2D eigenvalue weighted by atomic mass is 16.5. The van der Waals surface area contributed by atoms with Gasteiger partial charge in [0.25, 0.3) is 0 Å². The second kappa shape index (κ2) is 5.01. The number of anilines is 1. The largest absolute Gasteiger partial charge is 0.478 e. The van der Waals surface area contributed by atoms with Crippen molar-refractivity contribution in [2.45, 2.75) is 6.42 Å². The Bertz CT molecular complexity index is 416. The van der Waals surface area contributed by atoms with E-state index in [0.717, 1.165) is 13.0 Å². The Morgan fingerprint density at radius 1 is 1.71 bits per heavy atom. The molecular formula is C11H14N2O4. The summed E-state index contributed by atoms with van der Waals surface area (Å²) in [6.45, 7) is 1.92. The summed E-state index contributed by atoms with van der Waals surface area (Å²) in [7, 11) is 0. The summed E-state index contributed by atoms with van der Waals surface area (Å²) >= 11 is 0. The number of rotatable bonds is 4. The van der Waals surface area contributed by atoms with Crippen LogP contribution >= 0.6 is 0 Å². The van der Waals surface area contributed by atoms with E-state index in [0.29, 0.717) is 19.1 Å². The first-order chi connectivity index (χ1) is 8.16. The predicted octanol–water partition coefficient (Wildman–Crippen LogP) is 0.777. The van der Waals surface area contributed by atoms with Crippen LogP contribution in [0.15, 0.2) is 12.3 Å². The number of hydrogen-bond donors (Lipinski definition) is 2. The maximum atomic E-state index is 10.9. The van der Waals surface area contributed by atoms with Crippen LogP contribution in [0.1, 0.15) is 16.8 Å². The topological polar surface area (TPSA) is 94.7 Å². The lowest BCUT2D eigenvalue weighted by molar-refractivity contribution is 0.0697. The zero-order chi connectivity index (χ0) is 12.3. The van der Waals surface area contributed by atoms with Gasteiger partial charge in [0.2, 0.25) is 5.88 Å². The quantitative estimate of drug-likeness (QED) is 0.804. The van der Waals surface area contributed by atoms with Crippen LogP contribution in [0.2, 0.25) is 0 Å². The number of carboxylic acid groups (broad SMARTS) is 1. The van der Waals surface area contributed by atoms with Gasteiger partial charge in [0.05, 0.1) is 30.7 Å². The second-order valence-corrected chi connectivity index (χ2v) is 3.96. The third kappa shape index (κ3) is 2.85. The molecule has 0 bridgehead atoms. The molecule has 2 rings (SSSR count). The molecule has 2 heterocycles. The molecule has 0 aliphatic carbocycles. The van der Waals surface area contributed by atoms with E-state index in [-0.39, 0.29) is 17.1 Å². The smallest absolute Gasteiger partial charge is 0.338 e. The molecule has 1 aromatic rings. The molecule has 0 aromatic carbocycles. The van der Waals surface area contributed by atoms with Crippen molar-refractivity contribution in [2.75, 3.05) is 25.6 Å². The summed E-state index contributed by atoms with van der Waals surface area (Å²) < 4.78 is 10.6. The predicted molar refractivity (Wildman–Crippen MR) is 60.0 cm³/mol. The van der Waals surface area contributed by atoms with Crippen molar-refractivity contribution in [3.63, 3.8) is 0 Å². The molecule has 6 nitrogen and oxygen atoms in total. The number of ether oxygens (including phenoxy) is 2. The molecule has 1 atom stereocenters. The molecule has 0 radical (unpaired) electrons. The van der Waals surface area contributed by atoms with Gasteiger partial charge < -0.3 is 20.3 Å². The monoisotopic (exact) mass is 238 g/mol. The molecule has 0 amide bonds. The molecular weight excluding hydrogens is 224 g/mol. The molecule has 1 aliphatic rings. The van der Waals surface area contributed by atoms with Crippen LogP contribution in [-0.2, 0) is 4.74 Å². The minimum atomic E-state index is -1.08. The Kier molecular flexibility index (Phi) is 3.43. The van der Waals surface area contributed by atoms with Crippen molar-refractivity contribution in [3.8, 4) is 5.88 Å². The van der Waals surface area contributed by atoms with Gasteiger partial charge in [-0.05, 0) is 6.42 Å². The molecule has 1 saturated heterocycles. The van der Waals surface area contributed by atoms with E-state index in [1.54, 1.807) is 0 Å². The van der Waals surface area contributed by atoms with Crippen LogP contribution in [-0.4, -0.2) is 35.9 Å². The highest BCUT2D eigenvalue weighted by Gasteiger charge is 2.17. The Balaban J connectivity index is 2.00. The minimum Gasteiger partial charge on any atom is -0.478 e. The zero-order valence-electron chi connectivity index (χ0n) is 9.26. The Labute approximate surface area is 98.4 Å². The van der Waals surface area contributed by atoms with E-state index < -0.39 is 5.97 Å². The molecule has 17 heavy (non-hydrogen) atoms. The van der Waals surface area contributed by atoms with Crippen LogP contribution in [0.25, 0.3) is 0 Å². The Hall–Kier alpha value is -1.82. The van der Waals surface area contributed by atoms with E-state index in [4.69, 9.17) is 20.3 Å². The minimum absolute atomic E-state index is 0.0117. The molecule has 1 unspecified atom stereocenters. The first kappa shape index (κ1) is 11.7. The standard InChI is InChI=1S/C11H14N2O4/c12-9-4-13-10(3-8(9)11(14)15)17-6-7-1-2-16-5-7/h3-4,7H,1-2,5-6,12H2,(H,14,15). The number of nitrogen functional groups attached to an aromatic ring is 1. The first-order valence-electron chi connectivity index (χ1n) is 5.36. The van der Waals surface area contributed by atoms with Gasteiger partial charge >= 0.3 is 5.97 Å². The van der Waals surface area contributed by atoms with Crippen LogP contribution in [0.5, 0.6) is 5.88 Å². The van der Waals surface area contributed by atoms with Gasteiger partial charge in [-0.15, -0.1) is 0 Å². The van der Waals surface area contributed by atoms with Gasteiger partial charge in [0, 0.05) is 18.6 Å². The number of carbonyl (C=O) groups is 1. The summed E-state index contributed by atoms with van der Waals surface area (Å²) in [5, 5.41) is 8.89. The molecule has 6 heteroatoms. The van der Waals surface area contributed by atoms with Crippen molar-refractivity contribution < 1.29 is 19.4 Å². The van der Waals surface area contributed by atoms with Gasteiger partial charge in [0.1, 0.15) is 0 Å². The van der Waals surface area contributed by atoms with Crippen molar-refractivity contribution in [1.82, 2.24) is 4.98 Å². The van der Waals surface area contributed by atoms with Crippen LogP contribution < -0.4 is 10.5 Å². The lowest BCUT2D eigenvalue weighted by atomic mass is 10.1. The van der Waals surface area contributed by atoms with Gasteiger partial charge in [0.15, 0.2) is 0 Å². The van der Waals surface area contributed by atoms with Crippen LogP contribution in [0, 0.1) is 5.92 Å². The third-order valence-corrected chi connectivity index (χ3v) is 2.63. The highest BCUT2D eigenvalue weighted by molar-refractivity contribution is 5.93. The fraction of sp³-hybridized carbons (Fsp3) is 0.455. The molecule has 3 N–H and O–H groups in total. The fourth-order valence-corrected chi connectivity index (χ4v) is 1.63. The summed E-state index contributed by atoms with van der Waals surface area (Å²) in [5.74, 6) is -0.454. The summed E-state index contributed by atoms with van der Waals surface area (Å²) in [6.07, 6.45) is 2.25. The first-order valence-corrected chi connectivity index (χ1v) is 5.36. The number of carboxylic acids is 1. The lowest BCUT2D eigenvalue weighted by Crippen LogP contribution is -2.13. The second-order valence-electron chi connectivity index (χ2n) is 3.96. The van der Waals surface area contributed by atoms with Crippen molar-refractivity contribution in [3.05, 3.63) is 17.8 Å². The molecule has 1 aliphatic heterocycles. The van der Waals surface area contributed by atoms with E-state index in [1.165, 1.54) is 12.3 Å². The van der Waals surface area contributed by atoms with Crippen LogP contribution in [0.3, 0.4) is 0 Å². The molecule has 92 valence electrons.